The van der Waals surface area contributed by atoms with E-state index in [2.05, 4.69) is 100 Å². The van der Waals surface area contributed by atoms with Gasteiger partial charge in [-0.25, -0.2) is 4.98 Å². The van der Waals surface area contributed by atoms with Gasteiger partial charge in [-0.2, -0.15) is 0 Å². The van der Waals surface area contributed by atoms with Crippen molar-refractivity contribution in [3.05, 3.63) is 140 Å². The predicted molar refractivity (Wildman–Crippen MR) is 179 cm³/mol. The van der Waals surface area contributed by atoms with E-state index < -0.39 is 0 Å². The zero-order valence-corrected chi connectivity index (χ0v) is 24.4. The molecule has 5 aromatic heterocycles. The molecule has 0 N–H and O–H groups in total. The van der Waals surface area contributed by atoms with E-state index in [0.717, 1.165) is 83.8 Å². The van der Waals surface area contributed by atoms with E-state index in [4.69, 9.17) is 13.8 Å². The number of pyridine rings is 1. The second kappa shape index (κ2) is 9.96. The maximum Gasteiger partial charge on any atom is 0.140 e. The first kappa shape index (κ1) is 25.4. The Labute approximate surface area is 258 Å². The number of aryl methyl sites for hydroxylation is 1. The Kier molecular flexibility index (Phi) is 5.62. The third-order valence-corrected chi connectivity index (χ3v) is 8.58. The van der Waals surface area contributed by atoms with E-state index in [1.807, 2.05) is 48.7 Å². The van der Waals surface area contributed by atoms with Crippen LogP contribution >= 0.6 is 0 Å². The number of fused-ring (bicyclic) bond motifs is 4. The molecule has 0 saturated heterocycles. The zero-order valence-electron chi connectivity index (χ0n) is 24.4. The summed E-state index contributed by atoms with van der Waals surface area (Å²) >= 11 is 0. The van der Waals surface area contributed by atoms with Crippen molar-refractivity contribution in [1.82, 2.24) is 19.1 Å². The molecule has 6 heteroatoms. The number of furan rings is 2. The number of rotatable bonds is 5. The van der Waals surface area contributed by atoms with Crippen LogP contribution < -0.4 is 0 Å². The molecule has 214 valence electrons. The summed E-state index contributed by atoms with van der Waals surface area (Å²) in [4.78, 5) is 9.72. The van der Waals surface area contributed by atoms with Crippen molar-refractivity contribution >= 4 is 32.8 Å². The molecule has 6 nitrogen and oxygen atoms in total. The summed E-state index contributed by atoms with van der Waals surface area (Å²) in [6, 6.07) is 41.8. The molecule has 0 aliphatic carbocycles. The monoisotopic (exact) mass is 582 g/mol. The SMILES string of the molecule is Cn1c(-c2ccc3c4cc(-c5ccco5)ccc4n(-c4cccc(-c5ccccn5)c4)c3c2)nc2cc(-c3ccco3)ccc21. The van der Waals surface area contributed by atoms with Gasteiger partial charge in [0.2, 0.25) is 0 Å². The van der Waals surface area contributed by atoms with E-state index in [9.17, 15) is 0 Å². The van der Waals surface area contributed by atoms with Crippen LogP contribution in [0.3, 0.4) is 0 Å². The van der Waals surface area contributed by atoms with Gasteiger partial charge in [-0.15, -0.1) is 0 Å². The van der Waals surface area contributed by atoms with Gasteiger partial charge < -0.3 is 18.0 Å². The molecule has 4 aromatic carbocycles. The van der Waals surface area contributed by atoms with E-state index in [0.29, 0.717) is 0 Å². The Bertz CT molecular complexity index is 2480. The normalized spacial score (nSPS) is 11.7. The van der Waals surface area contributed by atoms with Gasteiger partial charge in [-0.3, -0.25) is 4.98 Å². The third-order valence-electron chi connectivity index (χ3n) is 8.58. The lowest BCUT2D eigenvalue weighted by Gasteiger charge is -2.11. The van der Waals surface area contributed by atoms with Crippen molar-refractivity contribution in [2.24, 2.45) is 7.05 Å². The van der Waals surface area contributed by atoms with E-state index >= 15 is 0 Å². The highest BCUT2D eigenvalue weighted by Gasteiger charge is 2.18. The van der Waals surface area contributed by atoms with Crippen LogP contribution in [0, 0.1) is 0 Å². The molecule has 0 unspecified atom stereocenters. The number of nitrogens with zero attached hydrogens (tertiary/aromatic N) is 4. The number of benzene rings is 4. The zero-order chi connectivity index (χ0) is 29.9. The fraction of sp³-hybridized carbons (Fsp3) is 0.0256. The highest BCUT2D eigenvalue weighted by atomic mass is 16.3. The molecule has 0 aliphatic rings. The minimum absolute atomic E-state index is 0.830. The van der Waals surface area contributed by atoms with Crippen molar-refractivity contribution in [2.45, 2.75) is 0 Å². The van der Waals surface area contributed by atoms with Crippen LogP contribution in [-0.2, 0) is 7.05 Å². The van der Waals surface area contributed by atoms with Crippen molar-refractivity contribution < 1.29 is 8.83 Å². The Balaban J connectivity index is 1.26. The van der Waals surface area contributed by atoms with Crippen LogP contribution in [0.1, 0.15) is 0 Å². The van der Waals surface area contributed by atoms with Gasteiger partial charge >= 0.3 is 0 Å². The molecule has 0 fully saturated rings. The van der Waals surface area contributed by atoms with Gasteiger partial charge in [-0.1, -0.05) is 30.3 Å². The Morgan fingerprint density at radius 2 is 1.33 bits per heavy atom. The van der Waals surface area contributed by atoms with Gasteiger partial charge in [0.05, 0.1) is 40.3 Å². The topological polar surface area (TPSA) is 61.9 Å². The third kappa shape index (κ3) is 4.11. The first-order valence-electron chi connectivity index (χ1n) is 14.9. The summed E-state index contributed by atoms with van der Waals surface area (Å²) in [6.07, 6.45) is 5.24. The Hall–Kier alpha value is -6.14. The quantitative estimate of drug-likeness (QED) is 0.203. The number of hydrogen-bond acceptors (Lipinski definition) is 4. The van der Waals surface area contributed by atoms with Crippen molar-refractivity contribution in [2.75, 3.05) is 0 Å². The van der Waals surface area contributed by atoms with Crippen molar-refractivity contribution in [1.29, 1.82) is 0 Å². The van der Waals surface area contributed by atoms with Crippen LogP contribution in [0.2, 0.25) is 0 Å². The molecule has 0 saturated carbocycles. The molecule has 0 spiro atoms. The number of hydrogen-bond donors (Lipinski definition) is 0. The lowest BCUT2D eigenvalue weighted by atomic mass is 10.1. The van der Waals surface area contributed by atoms with Crippen molar-refractivity contribution in [3.8, 4) is 51.0 Å². The van der Waals surface area contributed by atoms with E-state index in [1.54, 1.807) is 12.5 Å². The van der Waals surface area contributed by atoms with Gasteiger partial charge in [0.25, 0.3) is 0 Å². The first-order chi connectivity index (χ1) is 22.2. The Morgan fingerprint density at radius 3 is 2.09 bits per heavy atom. The summed E-state index contributed by atoms with van der Waals surface area (Å²) in [7, 11) is 2.07. The largest absolute Gasteiger partial charge is 0.464 e. The molecule has 9 aromatic rings. The van der Waals surface area contributed by atoms with Crippen LogP contribution in [0.5, 0.6) is 0 Å². The average Bonchev–Trinajstić information content (AvgIpc) is 3.91. The first-order valence-corrected chi connectivity index (χ1v) is 14.9. The highest BCUT2D eigenvalue weighted by Crippen LogP contribution is 2.38. The van der Waals surface area contributed by atoms with Gasteiger partial charge in [0.1, 0.15) is 17.3 Å². The summed E-state index contributed by atoms with van der Waals surface area (Å²) in [6.45, 7) is 0. The average molecular weight is 583 g/mol. The molecule has 9 rings (SSSR count). The second-order valence-corrected chi connectivity index (χ2v) is 11.2. The summed E-state index contributed by atoms with van der Waals surface area (Å²) in [5.74, 6) is 2.58. The second-order valence-electron chi connectivity index (χ2n) is 11.2. The lowest BCUT2D eigenvalue weighted by molar-refractivity contribution is 0.582. The molecular formula is C39H26N4O2. The smallest absolute Gasteiger partial charge is 0.140 e. The molecule has 0 radical (unpaired) electrons. The lowest BCUT2D eigenvalue weighted by Crippen LogP contribution is -1.96. The van der Waals surface area contributed by atoms with Crippen LogP contribution in [0.25, 0.3) is 83.8 Å². The van der Waals surface area contributed by atoms with E-state index in [-0.39, 0.29) is 0 Å². The molecule has 0 bridgehead atoms. The molecule has 0 aliphatic heterocycles. The molecular weight excluding hydrogens is 556 g/mol. The maximum absolute atomic E-state index is 5.76. The number of aromatic nitrogens is 4. The summed E-state index contributed by atoms with van der Waals surface area (Å²) in [5.41, 5.74) is 10.4. The van der Waals surface area contributed by atoms with E-state index in [1.165, 1.54) is 0 Å². The standard InChI is InChI=1S/C39H26N4O2/c1-42-35-17-14-27(38-11-6-20-45-38)23-33(35)41-39(42)28-12-15-30-31-22-26(37-10-5-19-44-37)13-16-34(31)43(36(30)24-28)29-8-4-7-25(21-29)32-9-2-3-18-40-32/h2-24H,1H3. The van der Waals surface area contributed by atoms with Gasteiger partial charge in [0.15, 0.2) is 0 Å². The molecule has 0 amide bonds. The summed E-state index contributed by atoms with van der Waals surface area (Å²) in [5, 5.41) is 2.31. The minimum Gasteiger partial charge on any atom is -0.464 e. The Morgan fingerprint density at radius 1 is 0.556 bits per heavy atom. The molecule has 45 heavy (non-hydrogen) atoms. The fourth-order valence-corrected chi connectivity index (χ4v) is 6.43. The minimum atomic E-state index is 0.830. The maximum atomic E-state index is 5.76. The van der Waals surface area contributed by atoms with Crippen LogP contribution in [0.4, 0.5) is 0 Å². The van der Waals surface area contributed by atoms with Gasteiger partial charge in [-0.05, 0) is 91.0 Å². The number of imidazole rings is 1. The highest BCUT2D eigenvalue weighted by molar-refractivity contribution is 6.11. The summed E-state index contributed by atoms with van der Waals surface area (Å²) < 4.78 is 15.9. The van der Waals surface area contributed by atoms with Crippen molar-refractivity contribution in [3.63, 3.8) is 0 Å². The molecule has 0 atom stereocenters. The van der Waals surface area contributed by atoms with Crippen LogP contribution in [-0.4, -0.2) is 19.1 Å². The van der Waals surface area contributed by atoms with Gasteiger partial charge in [0, 0.05) is 52.0 Å². The fourth-order valence-electron chi connectivity index (χ4n) is 6.43. The predicted octanol–water partition coefficient (Wildman–Crippen LogP) is 9.92. The molecule has 5 heterocycles. The van der Waals surface area contributed by atoms with Crippen LogP contribution in [0.15, 0.2) is 149 Å².